The van der Waals surface area contributed by atoms with E-state index in [0.29, 0.717) is 0 Å². The van der Waals surface area contributed by atoms with Gasteiger partial charge in [-0.15, -0.1) is 0 Å². The average molecular weight is 348 g/mol. The van der Waals surface area contributed by atoms with E-state index in [4.69, 9.17) is 4.98 Å². The molecule has 0 saturated carbocycles. The molecule has 1 nitrogen and oxygen atoms in total. The summed E-state index contributed by atoms with van der Waals surface area (Å²) in [6.45, 7) is 20.2. The van der Waals surface area contributed by atoms with Gasteiger partial charge in [0.2, 0.25) is 0 Å². The van der Waals surface area contributed by atoms with Gasteiger partial charge in [-0.3, -0.25) is 4.98 Å². The molecule has 1 aliphatic rings. The van der Waals surface area contributed by atoms with E-state index in [1.807, 2.05) is 12.3 Å². The number of rotatable bonds is 3. The lowest BCUT2D eigenvalue weighted by atomic mass is 9.61. The van der Waals surface area contributed by atoms with Gasteiger partial charge in [0.15, 0.2) is 0 Å². The summed E-state index contributed by atoms with van der Waals surface area (Å²) in [5, 5.41) is 0. The molecule has 26 heavy (non-hydrogen) atoms. The summed E-state index contributed by atoms with van der Waals surface area (Å²) in [4.78, 5) is 4.74. The Morgan fingerprint density at radius 2 is 1.58 bits per heavy atom. The standard InChI is InChI=1S/C25H33N/c1-9-18-10-11-22(26-16-18)25(7,8)19-15-21-20(14-17(19)2)23(3,4)12-13-24(21,5)6/h9-11,14-16H,1,12-13H2,2-8H3. The van der Waals surface area contributed by atoms with Crippen LogP contribution in [0.5, 0.6) is 0 Å². The molecular weight excluding hydrogens is 314 g/mol. The largest absolute Gasteiger partial charge is 0.260 e. The number of aromatic nitrogens is 1. The van der Waals surface area contributed by atoms with Crippen LogP contribution in [0.15, 0.2) is 37.0 Å². The highest BCUT2D eigenvalue weighted by molar-refractivity contribution is 5.52. The molecule has 1 aliphatic carbocycles. The molecule has 0 spiro atoms. The van der Waals surface area contributed by atoms with Crippen LogP contribution in [-0.4, -0.2) is 4.98 Å². The normalized spacial score (nSPS) is 18.3. The fourth-order valence-electron chi connectivity index (χ4n) is 4.43. The first kappa shape index (κ1) is 18.9. The van der Waals surface area contributed by atoms with Crippen LogP contribution in [0.1, 0.15) is 87.9 Å². The maximum Gasteiger partial charge on any atom is 0.0504 e. The zero-order valence-electron chi connectivity index (χ0n) is 17.5. The summed E-state index contributed by atoms with van der Waals surface area (Å²) in [5.41, 5.74) is 8.33. The van der Waals surface area contributed by atoms with Gasteiger partial charge in [0, 0.05) is 11.6 Å². The molecule has 3 rings (SSSR count). The van der Waals surface area contributed by atoms with Crippen molar-refractivity contribution in [1.82, 2.24) is 4.98 Å². The Balaban J connectivity index is 2.17. The number of benzene rings is 1. The molecule has 0 unspecified atom stereocenters. The van der Waals surface area contributed by atoms with E-state index < -0.39 is 0 Å². The van der Waals surface area contributed by atoms with E-state index >= 15 is 0 Å². The first-order valence-corrected chi connectivity index (χ1v) is 9.74. The highest BCUT2D eigenvalue weighted by atomic mass is 14.7. The fraction of sp³-hybridized carbons (Fsp3) is 0.480. The van der Waals surface area contributed by atoms with Crippen molar-refractivity contribution in [2.45, 2.75) is 77.6 Å². The molecule has 2 aromatic rings. The van der Waals surface area contributed by atoms with E-state index in [-0.39, 0.29) is 16.2 Å². The Bertz CT molecular complexity index is 835. The first-order valence-electron chi connectivity index (χ1n) is 9.74. The number of hydrogen-bond donors (Lipinski definition) is 0. The van der Waals surface area contributed by atoms with Gasteiger partial charge < -0.3 is 0 Å². The SMILES string of the molecule is C=Cc1ccc(C(C)(C)c2cc3c(cc2C)C(C)(C)CCC3(C)C)nc1. The van der Waals surface area contributed by atoms with Crippen LogP contribution >= 0.6 is 0 Å². The van der Waals surface area contributed by atoms with E-state index in [9.17, 15) is 0 Å². The molecular formula is C25H33N. The van der Waals surface area contributed by atoms with Crippen molar-refractivity contribution in [3.05, 3.63) is 70.6 Å². The molecule has 1 aromatic heterocycles. The van der Waals surface area contributed by atoms with Crippen LogP contribution in [0, 0.1) is 6.92 Å². The van der Waals surface area contributed by atoms with Gasteiger partial charge in [-0.05, 0) is 64.5 Å². The van der Waals surface area contributed by atoms with Gasteiger partial charge in [0.25, 0.3) is 0 Å². The fourth-order valence-corrected chi connectivity index (χ4v) is 4.43. The van der Waals surface area contributed by atoms with Crippen molar-refractivity contribution in [2.24, 2.45) is 0 Å². The summed E-state index contributed by atoms with van der Waals surface area (Å²) >= 11 is 0. The van der Waals surface area contributed by atoms with Crippen molar-refractivity contribution in [3.63, 3.8) is 0 Å². The summed E-state index contributed by atoms with van der Waals surface area (Å²) in [7, 11) is 0. The molecule has 0 N–H and O–H groups in total. The van der Waals surface area contributed by atoms with Gasteiger partial charge in [-0.1, -0.05) is 72.4 Å². The maximum absolute atomic E-state index is 4.74. The minimum Gasteiger partial charge on any atom is -0.260 e. The molecule has 1 aromatic carbocycles. The van der Waals surface area contributed by atoms with Crippen molar-refractivity contribution in [3.8, 4) is 0 Å². The lowest BCUT2D eigenvalue weighted by Crippen LogP contribution is -2.35. The number of hydrogen-bond acceptors (Lipinski definition) is 1. The van der Waals surface area contributed by atoms with Crippen molar-refractivity contribution >= 4 is 6.08 Å². The molecule has 138 valence electrons. The van der Waals surface area contributed by atoms with Gasteiger partial charge >= 0.3 is 0 Å². The monoisotopic (exact) mass is 347 g/mol. The van der Waals surface area contributed by atoms with E-state index in [1.54, 1.807) is 0 Å². The summed E-state index contributed by atoms with van der Waals surface area (Å²) in [6, 6.07) is 9.18. The topological polar surface area (TPSA) is 12.9 Å². The second-order valence-corrected chi connectivity index (χ2v) is 9.79. The summed E-state index contributed by atoms with van der Waals surface area (Å²) in [5.74, 6) is 0. The number of nitrogens with zero attached hydrogens (tertiary/aromatic N) is 1. The van der Waals surface area contributed by atoms with Gasteiger partial charge in [-0.25, -0.2) is 0 Å². The van der Waals surface area contributed by atoms with E-state index in [1.165, 1.54) is 35.1 Å². The van der Waals surface area contributed by atoms with Gasteiger partial charge in [0.05, 0.1) is 5.69 Å². The zero-order valence-corrected chi connectivity index (χ0v) is 17.5. The Kier molecular flexibility index (Phi) is 4.42. The molecule has 0 radical (unpaired) electrons. The van der Waals surface area contributed by atoms with E-state index in [2.05, 4.69) is 79.3 Å². The third kappa shape index (κ3) is 3.02. The highest BCUT2D eigenvalue weighted by Crippen LogP contribution is 2.48. The van der Waals surface area contributed by atoms with Crippen LogP contribution in [0.25, 0.3) is 6.08 Å². The maximum atomic E-state index is 4.74. The molecule has 0 saturated heterocycles. The third-order valence-electron chi connectivity index (χ3n) is 6.53. The van der Waals surface area contributed by atoms with Crippen molar-refractivity contribution in [1.29, 1.82) is 0 Å². The Labute approximate surface area is 159 Å². The Hall–Kier alpha value is -1.89. The van der Waals surface area contributed by atoms with Crippen LogP contribution < -0.4 is 0 Å². The molecule has 1 heterocycles. The van der Waals surface area contributed by atoms with Crippen molar-refractivity contribution < 1.29 is 0 Å². The van der Waals surface area contributed by atoms with E-state index in [0.717, 1.165) is 11.3 Å². The number of aryl methyl sites for hydroxylation is 1. The van der Waals surface area contributed by atoms with Crippen molar-refractivity contribution in [2.75, 3.05) is 0 Å². The molecule has 0 aliphatic heterocycles. The first-order chi connectivity index (χ1) is 12.0. The summed E-state index contributed by atoms with van der Waals surface area (Å²) < 4.78 is 0. The Morgan fingerprint density at radius 3 is 2.08 bits per heavy atom. The van der Waals surface area contributed by atoms with Crippen LogP contribution in [0.2, 0.25) is 0 Å². The zero-order chi connectivity index (χ0) is 19.3. The highest BCUT2D eigenvalue weighted by Gasteiger charge is 2.39. The molecule has 0 atom stereocenters. The van der Waals surface area contributed by atoms with Gasteiger partial charge in [0.1, 0.15) is 0 Å². The smallest absolute Gasteiger partial charge is 0.0504 e. The van der Waals surface area contributed by atoms with Crippen LogP contribution in [0.3, 0.4) is 0 Å². The molecule has 0 fully saturated rings. The lowest BCUT2D eigenvalue weighted by Gasteiger charge is -2.43. The molecule has 0 amide bonds. The predicted molar refractivity (Wildman–Crippen MR) is 113 cm³/mol. The van der Waals surface area contributed by atoms with Crippen LogP contribution in [-0.2, 0) is 16.2 Å². The summed E-state index contributed by atoms with van der Waals surface area (Å²) in [6.07, 6.45) is 6.26. The number of pyridine rings is 1. The second kappa shape index (κ2) is 6.08. The predicted octanol–water partition coefficient (Wildman–Crippen LogP) is 6.71. The minimum absolute atomic E-state index is 0.128. The molecule has 0 bridgehead atoms. The second-order valence-electron chi connectivity index (χ2n) is 9.79. The average Bonchev–Trinajstić information content (AvgIpc) is 2.58. The van der Waals surface area contributed by atoms with Gasteiger partial charge in [-0.2, -0.15) is 0 Å². The third-order valence-corrected chi connectivity index (χ3v) is 6.53. The lowest BCUT2D eigenvalue weighted by molar-refractivity contribution is 0.331. The van der Waals surface area contributed by atoms with Crippen LogP contribution in [0.4, 0.5) is 0 Å². The molecule has 1 heteroatoms. The Morgan fingerprint density at radius 1 is 1.00 bits per heavy atom. The number of fused-ring (bicyclic) bond motifs is 1. The minimum atomic E-state index is -0.128. The quantitative estimate of drug-likeness (QED) is 0.601.